The number of piperazine rings is 1. The van der Waals surface area contributed by atoms with Gasteiger partial charge in [-0.25, -0.2) is 8.78 Å². The van der Waals surface area contributed by atoms with Crippen LogP contribution in [0.1, 0.15) is 64.3 Å². The van der Waals surface area contributed by atoms with Crippen LogP contribution >= 0.6 is 0 Å². The summed E-state index contributed by atoms with van der Waals surface area (Å²) >= 11 is 0. The number of rotatable bonds is 6. The Morgan fingerprint density at radius 2 is 1.93 bits per heavy atom. The third-order valence-corrected chi connectivity index (χ3v) is 8.96. The molecule has 1 amide bonds. The Balaban J connectivity index is 1.38. The van der Waals surface area contributed by atoms with E-state index in [0.717, 1.165) is 55.9 Å². The van der Waals surface area contributed by atoms with Crippen LogP contribution in [0, 0.1) is 11.6 Å². The van der Waals surface area contributed by atoms with Crippen molar-refractivity contribution >= 4 is 11.6 Å². The van der Waals surface area contributed by atoms with Gasteiger partial charge in [0.1, 0.15) is 0 Å². The molecule has 40 heavy (non-hydrogen) atoms. The van der Waals surface area contributed by atoms with Crippen LogP contribution < -0.4 is 10.2 Å². The van der Waals surface area contributed by atoms with Crippen molar-refractivity contribution in [2.24, 2.45) is 0 Å². The number of nitrogens with zero attached hydrogens (tertiary/aromatic N) is 4. The highest BCUT2D eigenvalue weighted by molar-refractivity contribution is 5.97. The van der Waals surface area contributed by atoms with E-state index in [9.17, 15) is 13.6 Å². The highest BCUT2D eigenvalue weighted by atomic mass is 19.2. The average molecular weight is 556 g/mol. The zero-order valence-electron chi connectivity index (χ0n) is 24.6. The first kappa shape index (κ1) is 29.0. The second-order valence-electron chi connectivity index (χ2n) is 12.7. The fourth-order valence-corrected chi connectivity index (χ4v) is 6.55. The summed E-state index contributed by atoms with van der Waals surface area (Å²) < 4.78 is 34.3. The maximum atomic E-state index is 14.6. The van der Waals surface area contributed by atoms with Gasteiger partial charge in [-0.2, -0.15) is 0 Å². The van der Waals surface area contributed by atoms with Gasteiger partial charge in [-0.3, -0.25) is 19.6 Å². The smallest absolute Gasteiger partial charge is 0.241 e. The monoisotopic (exact) mass is 555 g/mol. The lowest BCUT2D eigenvalue weighted by atomic mass is 9.89. The van der Waals surface area contributed by atoms with Gasteiger partial charge in [-0.15, -0.1) is 0 Å². The number of hydrogen-bond acceptors (Lipinski definition) is 6. The molecule has 7 nitrogen and oxygen atoms in total. The minimum atomic E-state index is -0.864. The Morgan fingerprint density at radius 3 is 2.65 bits per heavy atom. The number of carbonyl (C=O) groups is 1. The molecule has 5 atom stereocenters. The summed E-state index contributed by atoms with van der Waals surface area (Å²) in [5, 5.41) is 3.60. The summed E-state index contributed by atoms with van der Waals surface area (Å²) in [5.41, 5.74) is 2.35. The zero-order chi connectivity index (χ0) is 28.8. The molecule has 218 valence electrons. The summed E-state index contributed by atoms with van der Waals surface area (Å²) in [5.74, 6) is -2.08. The largest absolute Gasteiger partial charge is 0.378 e. The van der Waals surface area contributed by atoms with Crippen molar-refractivity contribution in [3.05, 3.63) is 58.9 Å². The molecule has 1 aromatic carbocycles. The minimum absolute atomic E-state index is 0.0394. The number of halogens is 2. The molecule has 2 aromatic rings. The second-order valence-corrected chi connectivity index (χ2v) is 12.7. The molecule has 0 aliphatic carbocycles. The Morgan fingerprint density at radius 1 is 1.20 bits per heavy atom. The summed E-state index contributed by atoms with van der Waals surface area (Å²) in [4.78, 5) is 25.4. The topological polar surface area (TPSA) is 60.9 Å². The van der Waals surface area contributed by atoms with Crippen LogP contribution in [0.15, 0.2) is 30.5 Å². The van der Waals surface area contributed by atoms with Crippen molar-refractivity contribution < 1.29 is 18.3 Å². The van der Waals surface area contributed by atoms with E-state index in [1.165, 1.54) is 6.07 Å². The third-order valence-electron chi connectivity index (χ3n) is 8.96. The summed E-state index contributed by atoms with van der Waals surface area (Å²) in [6, 6.07) is 7.36. The van der Waals surface area contributed by atoms with E-state index in [1.807, 2.05) is 17.9 Å². The van der Waals surface area contributed by atoms with E-state index in [1.54, 1.807) is 12.3 Å². The van der Waals surface area contributed by atoms with Crippen molar-refractivity contribution in [3.63, 3.8) is 0 Å². The SMILES string of the molecule is CC(c1cnc2c(c1)N(C(=O)CN1C[C@@H](C)NC[C@@H]1CN1[C@H](C)COC[C@H]1C)CC2(C)C)c1cccc(F)c1F. The molecule has 1 N–H and O–H groups in total. The molecule has 4 heterocycles. The number of pyridine rings is 1. The molecular formula is C31H43F2N5O2. The van der Waals surface area contributed by atoms with Crippen molar-refractivity contribution in [1.29, 1.82) is 0 Å². The molecule has 0 saturated carbocycles. The van der Waals surface area contributed by atoms with E-state index < -0.39 is 17.6 Å². The number of aromatic nitrogens is 1. The molecule has 3 aliphatic rings. The molecule has 2 fully saturated rings. The lowest BCUT2D eigenvalue weighted by Crippen LogP contribution is -2.63. The second kappa shape index (κ2) is 11.4. The number of benzene rings is 1. The van der Waals surface area contributed by atoms with Gasteiger partial charge < -0.3 is 15.0 Å². The van der Waals surface area contributed by atoms with E-state index in [2.05, 4.69) is 49.7 Å². The lowest BCUT2D eigenvalue weighted by molar-refractivity contribution is -0.121. The molecule has 1 aromatic heterocycles. The Hall–Kier alpha value is -2.46. The Kier molecular flexibility index (Phi) is 8.30. The number of morpholine rings is 1. The third kappa shape index (κ3) is 5.66. The van der Waals surface area contributed by atoms with Gasteiger partial charge >= 0.3 is 0 Å². The highest BCUT2D eigenvalue weighted by Gasteiger charge is 2.41. The van der Waals surface area contributed by atoms with Crippen molar-refractivity contribution in [1.82, 2.24) is 20.1 Å². The van der Waals surface area contributed by atoms with Gasteiger partial charge in [0.25, 0.3) is 0 Å². The van der Waals surface area contributed by atoms with Crippen LogP contribution in [0.5, 0.6) is 0 Å². The van der Waals surface area contributed by atoms with Crippen molar-refractivity contribution in [2.45, 2.75) is 77.0 Å². The Labute approximate surface area is 236 Å². The number of hydrogen-bond donors (Lipinski definition) is 1. The van der Waals surface area contributed by atoms with E-state index in [4.69, 9.17) is 9.72 Å². The summed E-state index contributed by atoms with van der Waals surface area (Å²) in [7, 11) is 0. The molecule has 2 saturated heterocycles. The first-order valence-electron chi connectivity index (χ1n) is 14.5. The number of amides is 1. The number of fused-ring (bicyclic) bond motifs is 1. The first-order valence-corrected chi connectivity index (χ1v) is 14.5. The van der Waals surface area contributed by atoms with Crippen molar-refractivity contribution in [2.75, 3.05) is 50.8 Å². The average Bonchev–Trinajstić information content (AvgIpc) is 3.19. The molecule has 9 heteroatoms. The molecule has 1 unspecified atom stereocenters. The van der Waals surface area contributed by atoms with Gasteiger partial charge in [-0.05, 0) is 44.0 Å². The minimum Gasteiger partial charge on any atom is -0.378 e. The van der Waals surface area contributed by atoms with E-state index in [-0.39, 0.29) is 22.9 Å². The predicted molar refractivity (Wildman–Crippen MR) is 153 cm³/mol. The molecular weight excluding hydrogens is 512 g/mol. The number of nitrogens with one attached hydrogen (secondary N) is 1. The zero-order valence-corrected chi connectivity index (χ0v) is 24.6. The first-order chi connectivity index (χ1) is 19.0. The molecule has 0 bridgehead atoms. The molecule has 0 radical (unpaired) electrons. The van der Waals surface area contributed by atoms with E-state index >= 15 is 0 Å². The van der Waals surface area contributed by atoms with Crippen LogP contribution in [0.2, 0.25) is 0 Å². The number of carbonyl (C=O) groups excluding carboxylic acids is 1. The number of ether oxygens (including phenoxy) is 1. The lowest BCUT2D eigenvalue weighted by Gasteiger charge is -2.46. The van der Waals surface area contributed by atoms with Crippen LogP contribution in [-0.2, 0) is 14.9 Å². The van der Waals surface area contributed by atoms with Crippen LogP contribution in [0.25, 0.3) is 0 Å². The van der Waals surface area contributed by atoms with Crippen LogP contribution in [-0.4, -0.2) is 90.8 Å². The summed E-state index contributed by atoms with van der Waals surface area (Å²) in [6.45, 7) is 17.4. The fourth-order valence-electron chi connectivity index (χ4n) is 6.55. The van der Waals surface area contributed by atoms with Crippen LogP contribution in [0.3, 0.4) is 0 Å². The quantitative estimate of drug-likeness (QED) is 0.584. The molecule has 5 rings (SSSR count). The maximum absolute atomic E-state index is 14.6. The van der Waals surface area contributed by atoms with Gasteiger partial charge in [0.15, 0.2) is 11.6 Å². The van der Waals surface area contributed by atoms with Gasteiger partial charge in [0, 0.05) is 67.9 Å². The van der Waals surface area contributed by atoms with Gasteiger partial charge in [0.2, 0.25) is 5.91 Å². The van der Waals surface area contributed by atoms with E-state index in [0.29, 0.717) is 31.2 Å². The van der Waals surface area contributed by atoms with Crippen LogP contribution in [0.4, 0.5) is 14.5 Å². The standard InChI is InChI=1S/C31H43F2N5O2/c1-19-13-36(24(12-34-19)14-37-20(2)16-40-17-21(37)3)15-28(39)38-18-31(5,6)30-27(38)10-23(11-35-30)22(4)25-8-7-9-26(32)29(25)33/h7-11,19-22,24,34H,12-18H2,1-6H3/t19-,20-,21-,22?,24-/m1/s1. The van der Waals surface area contributed by atoms with Crippen molar-refractivity contribution in [3.8, 4) is 0 Å². The predicted octanol–water partition coefficient (Wildman–Crippen LogP) is 3.91. The highest BCUT2D eigenvalue weighted by Crippen LogP contribution is 2.41. The normalized spacial score (nSPS) is 27.9. The van der Waals surface area contributed by atoms with Gasteiger partial charge in [-0.1, -0.05) is 32.9 Å². The maximum Gasteiger partial charge on any atom is 0.241 e. The molecule has 3 aliphatic heterocycles. The fraction of sp³-hybridized carbons (Fsp3) is 0.613. The molecule has 0 spiro atoms. The van der Waals surface area contributed by atoms with Gasteiger partial charge in [0.05, 0.1) is 31.1 Å². The number of anilines is 1. The summed E-state index contributed by atoms with van der Waals surface area (Å²) in [6.07, 6.45) is 1.74. The Bertz CT molecular complexity index is 1230.